The van der Waals surface area contributed by atoms with Gasteiger partial charge in [-0.2, -0.15) is 0 Å². The van der Waals surface area contributed by atoms with Gasteiger partial charge in [-0.25, -0.2) is 4.57 Å². The van der Waals surface area contributed by atoms with Crippen LogP contribution in [0.4, 0.5) is 5.82 Å². The molecule has 0 amide bonds. The second kappa shape index (κ2) is 10.4. The van der Waals surface area contributed by atoms with E-state index < -0.39 is 0 Å². The van der Waals surface area contributed by atoms with Crippen LogP contribution < -0.4 is 9.88 Å². The minimum absolute atomic E-state index is 0.210. The summed E-state index contributed by atoms with van der Waals surface area (Å²) in [5.41, 5.74) is 6.10. The third-order valence-electron chi connectivity index (χ3n) is 6.68. The highest BCUT2D eigenvalue weighted by Crippen LogP contribution is 2.31. The minimum Gasteiger partial charge on any atom is -0.370 e. The summed E-state index contributed by atoms with van der Waals surface area (Å²) in [5.74, 6) is 1.96. The Labute approximate surface area is 208 Å². The van der Waals surface area contributed by atoms with Crippen molar-refractivity contribution in [3.8, 4) is 11.4 Å². The second-order valence-electron chi connectivity index (χ2n) is 9.85. The summed E-state index contributed by atoms with van der Waals surface area (Å²) < 4.78 is 8.70. The Hall–Kier alpha value is -3.50. The quantitative estimate of drug-likeness (QED) is 0.336. The van der Waals surface area contributed by atoms with Crippen LogP contribution in [0.25, 0.3) is 11.4 Å². The number of nitrogens with one attached hydrogen (secondary N) is 1. The maximum Gasteiger partial charge on any atom is 0.333 e. The highest BCUT2D eigenvalue weighted by Gasteiger charge is 2.36. The number of benzene rings is 3. The first-order valence-electron chi connectivity index (χ1n) is 12.6. The van der Waals surface area contributed by atoms with Crippen molar-refractivity contribution in [3.05, 3.63) is 113 Å². The van der Waals surface area contributed by atoms with Crippen LogP contribution in [0.5, 0.6) is 0 Å². The van der Waals surface area contributed by atoms with Gasteiger partial charge in [-0.05, 0) is 48.5 Å². The lowest BCUT2D eigenvalue weighted by Gasteiger charge is -2.32. The van der Waals surface area contributed by atoms with Crippen molar-refractivity contribution in [2.75, 3.05) is 11.9 Å². The maximum atomic E-state index is 6.27. The maximum absolute atomic E-state index is 6.27. The molecular weight excluding hydrogens is 430 g/mol. The van der Waals surface area contributed by atoms with Gasteiger partial charge in [-0.1, -0.05) is 78.9 Å². The summed E-state index contributed by atoms with van der Waals surface area (Å²) in [6.45, 7) is 6.65. The topological polar surface area (TPSA) is 38.0 Å². The van der Waals surface area contributed by atoms with Crippen molar-refractivity contribution in [1.29, 1.82) is 0 Å². The van der Waals surface area contributed by atoms with E-state index >= 15 is 0 Å². The molecule has 2 heterocycles. The lowest BCUT2D eigenvalue weighted by molar-refractivity contribution is -0.697. The van der Waals surface area contributed by atoms with Crippen LogP contribution in [0.2, 0.25) is 0 Å². The molecule has 0 aliphatic carbocycles. The summed E-state index contributed by atoms with van der Waals surface area (Å²) in [7, 11) is 0. The second-order valence-corrected chi connectivity index (χ2v) is 9.85. The number of rotatable bonds is 8. The monoisotopic (exact) mass is 464 g/mol. The zero-order valence-corrected chi connectivity index (χ0v) is 20.7. The molecule has 1 N–H and O–H groups in total. The lowest BCUT2D eigenvalue weighted by Crippen LogP contribution is -2.49. The van der Waals surface area contributed by atoms with Crippen LogP contribution >= 0.6 is 0 Å². The van der Waals surface area contributed by atoms with Crippen LogP contribution in [0.1, 0.15) is 36.2 Å². The SMILES string of the molecule is CC1(C)Cc2c(c(NCCc3ccccc3)nc(-c3ccccc3)[n+]2CCc2ccccc2)CO1. The normalized spacial score (nSPS) is 14.3. The third kappa shape index (κ3) is 5.60. The molecule has 0 bridgehead atoms. The Morgan fingerprint density at radius 3 is 2.09 bits per heavy atom. The van der Waals surface area contributed by atoms with Gasteiger partial charge in [0.1, 0.15) is 5.69 Å². The number of aromatic nitrogens is 2. The van der Waals surface area contributed by atoms with Gasteiger partial charge >= 0.3 is 5.82 Å². The van der Waals surface area contributed by atoms with E-state index in [9.17, 15) is 0 Å². The van der Waals surface area contributed by atoms with E-state index in [1.54, 1.807) is 0 Å². The van der Waals surface area contributed by atoms with Crippen molar-refractivity contribution >= 4 is 5.82 Å². The van der Waals surface area contributed by atoms with Crippen molar-refractivity contribution < 1.29 is 9.30 Å². The van der Waals surface area contributed by atoms with Crippen LogP contribution in [-0.4, -0.2) is 17.1 Å². The molecule has 0 spiro atoms. The Kier molecular flexibility index (Phi) is 6.91. The molecule has 35 heavy (non-hydrogen) atoms. The van der Waals surface area contributed by atoms with Crippen molar-refractivity contribution in [3.63, 3.8) is 0 Å². The molecule has 4 heteroatoms. The van der Waals surface area contributed by atoms with E-state index in [4.69, 9.17) is 9.72 Å². The number of aryl methyl sites for hydroxylation is 1. The van der Waals surface area contributed by atoms with E-state index in [0.717, 1.165) is 49.6 Å². The largest absolute Gasteiger partial charge is 0.370 e. The van der Waals surface area contributed by atoms with E-state index in [0.29, 0.717) is 6.61 Å². The summed E-state index contributed by atoms with van der Waals surface area (Å²) >= 11 is 0. The summed E-state index contributed by atoms with van der Waals surface area (Å²) in [5, 5.41) is 3.66. The number of fused-ring (bicyclic) bond motifs is 1. The van der Waals surface area contributed by atoms with Gasteiger partial charge in [0.2, 0.25) is 0 Å². The van der Waals surface area contributed by atoms with E-state index in [1.165, 1.54) is 22.4 Å². The minimum atomic E-state index is -0.210. The molecular formula is C31H34N3O+. The van der Waals surface area contributed by atoms with Crippen molar-refractivity contribution in [2.45, 2.75) is 51.9 Å². The smallest absolute Gasteiger partial charge is 0.333 e. The Bertz CT molecular complexity index is 1250. The van der Waals surface area contributed by atoms with Crippen LogP contribution in [0.3, 0.4) is 0 Å². The van der Waals surface area contributed by atoms with Gasteiger partial charge in [0.15, 0.2) is 0 Å². The molecule has 1 aliphatic heterocycles. The molecule has 0 saturated carbocycles. The zero-order chi connectivity index (χ0) is 24.1. The first kappa shape index (κ1) is 23.3. The highest BCUT2D eigenvalue weighted by atomic mass is 16.5. The molecule has 5 rings (SSSR count). The van der Waals surface area contributed by atoms with Crippen molar-refractivity contribution in [2.24, 2.45) is 0 Å². The van der Waals surface area contributed by atoms with Crippen molar-refractivity contribution in [1.82, 2.24) is 4.98 Å². The van der Waals surface area contributed by atoms with Gasteiger partial charge in [0.25, 0.3) is 5.82 Å². The lowest BCUT2D eigenvalue weighted by atomic mass is 9.95. The number of hydrogen-bond donors (Lipinski definition) is 1. The Balaban J connectivity index is 1.53. The first-order valence-corrected chi connectivity index (χ1v) is 12.6. The molecule has 4 aromatic rings. The molecule has 1 aliphatic rings. The predicted molar refractivity (Wildman–Crippen MR) is 141 cm³/mol. The summed E-state index contributed by atoms with van der Waals surface area (Å²) in [4.78, 5) is 5.22. The first-order chi connectivity index (χ1) is 17.1. The third-order valence-corrected chi connectivity index (χ3v) is 6.68. The molecule has 0 fully saturated rings. The van der Waals surface area contributed by atoms with Gasteiger partial charge in [0.05, 0.1) is 29.9 Å². The Morgan fingerprint density at radius 1 is 0.829 bits per heavy atom. The van der Waals surface area contributed by atoms with E-state index in [1.807, 2.05) is 0 Å². The van der Waals surface area contributed by atoms with Gasteiger partial charge in [-0.3, -0.25) is 0 Å². The van der Waals surface area contributed by atoms with E-state index in [2.05, 4.69) is 115 Å². The summed E-state index contributed by atoms with van der Waals surface area (Å²) in [6.07, 6.45) is 2.77. The van der Waals surface area contributed by atoms with Crippen LogP contribution in [0.15, 0.2) is 91.0 Å². The number of anilines is 1. The Morgan fingerprint density at radius 2 is 1.43 bits per heavy atom. The molecule has 1 aromatic heterocycles. The average molecular weight is 465 g/mol. The van der Waals surface area contributed by atoms with Gasteiger partial charge in [-0.15, -0.1) is 0 Å². The molecule has 3 aromatic carbocycles. The standard InChI is InChI=1S/C31H33N3O/c1-31(2)22-28-27(23-35-31)29(32-20-18-24-12-6-3-7-13-24)33-30(26-16-10-5-11-17-26)34(28)21-19-25-14-8-4-9-15-25/h3-17H,18-23H2,1-2H3/p+1. The molecule has 0 atom stereocenters. The highest BCUT2D eigenvalue weighted by molar-refractivity contribution is 5.57. The molecule has 0 radical (unpaired) electrons. The number of hydrogen-bond acceptors (Lipinski definition) is 3. The fourth-order valence-electron chi connectivity index (χ4n) is 4.79. The van der Waals surface area contributed by atoms with Crippen LogP contribution in [-0.2, 0) is 37.2 Å². The van der Waals surface area contributed by atoms with Crippen LogP contribution in [0, 0.1) is 0 Å². The molecule has 0 unspecified atom stereocenters. The van der Waals surface area contributed by atoms with E-state index in [-0.39, 0.29) is 5.60 Å². The molecule has 0 saturated heterocycles. The predicted octanol–water partition coefficient (Wildman–Crippen LogP) is 5.78. The molecule has 178 valence electrons. The summed E-state index contributed by atoms with van der Waals surface area (Å²) in [6, 6.07) is 31.9. The fourth-order valence-corrected chi connectivity index (χ4v) is 4.79. The molecule has 4 nitrogen and oxygen atoms in total. The number of ether oxygens (including phenoxy) is 1. The average Bonchev–Trinajstić information content (AvgIpc) is 2.89. The fraction of sp³-hybridized carbons (Fsp3) is 0.290. The zero-order valence-electron chi connectivity index (χ0n) is 20.7. The van der Waals surface area contributed by atoms with Gasteiger partial charge in [0, 0.05) is 19.4 Å². The number of nitrogens with zero attached hydrogens (tertiary/aromatic N) is 2. The van der Waals surface area contributed by atoms with Gasteiger partial charge < -0.3 is 10.1 Å².